The summed E-state index contributed by atoms with van der Waals surface area (Å²) in [7, 11) is 3.91. The van der Waals surface area contributed by atoms with Crippen LogP contribution in [-0.4, -0.2) is 53.9 Å². The van der Waals surface area contributed by atoms with E-state index in [1.165, 1.54) is 6.07 Å². The summed E-state index contributed by atoms with van der Waals surface area (Å²) in [6.07, 6.45) is 2.55. The lowest BCUT2D eigenvalue weighted by atomic mass is 10.1. The summed E-state index contributed by atoms with van der Waals surface area (Å²) >= 11 is 0. The van der Waals surface area contributed by atoms with Crippen molar-refractivity contribution in [2.24, 2.45) is 0 Å². The highest BCUT2D eigenvalue weighted by molar-refractivity contribution is 5.94. The first-order chi connectivity index (χ1) is 11.1. The first kappa shape index (κ1) is 15.6. The molecule has 1 aromatic heterocycles. The van der Waals surface area contributed by atoms with Crippen LogP contribution in [0.4, 0.5) is 4.39 Å². The number of hydrogen-bond acceptors (Lipinski definition) is 3. The van der Waals surface area contributed by atoms with Crippen molar-refractivity contribution in [1.82, 2.24) is 14.8 Å². The van der Waals surface area contributed by atoms with Gasteiger partial charge in [-0.3, -0.25) is 9.78 Å². The summed E-state index contributed by atoms with van der Waals surface area (Å²) in [6.45, 7) is 1.92. The second-order valence-corrected chi connectivity index (χ2v) is 6.03. The van der Waals surface area contributed by atoms with Gasteiger partial charge in [0.15, 0.2) is 0 Å². The third-order valence-electron chi connectivity index (χ3n) is 4.40. The minimum atomic E-state index is -0.363. The number of likely N-dealkylation sites (tertiary alicyclic amines) is 1. The maximum absolute atomic E-state index is 13.8. The second-order valence-electron chi connectivity index (χ2n) is 6.03. The van der Waals surface area contributed by atoms with Gasteiger partial charge < -0.3 is 9.80 Å². The molecule has 0 bridgehead atoms. The molecule has 0 radical (unpaired) electrons. The summed E-state index contributed by atoms with van der Waals surface area (Å²) in [5.74, 6) is -0.365. The number of carbonyl (C=O) groups is 1. The summed E-state index contributed by atoms with van der Waals surface area (Å²) in [6, 6.07) is 10.2. The summed E-state index contributed by atoms with van der Waals surface area (Å²) < 4.78 is 13.8. The fourth-order valence-electron chi connectivity index (χ4n) is 2.97. The maximum atomic E-state index is 13.8. The average molecular weight is 313 g/mol. The minimum absolute atomic E-state index is 0.00153. The largest absolute Gasteiger partial charge is 0.337 e. The van der Waals surface area contributed by atoms with Crippen LogP contribution in [0.5, 0.6) is 0 Å². The van der Waals surface area contributed by atoms with E-state index < -0.39 is 0 Å². The second kappa shape index (κ2) is 6.46. The van der Waals surface area contributed by atoms with Crippen molar-refractivity contribution in [2.45, 2.75) is 12.5 Å². The summed E-state index contributed by atoms with van der Waals surface area (Å²) in [4.78, 5) is 20.7. The topological polar surface area (TPSA) is 36.4 Å². The number of aromatic nitrogens is 1. The zero-order chi connectivity index (χ0) is 16.4. The third-order valence-corrected chi connectivity index (χ3v) is 4.40. The molecule has 1 aliphatic rings. The molecule has 0 spiro atoms. The molecular formula is C18H20FN3O. The summed E-state index contributed by atoms with van der Waals surface area (Å²) in [5.41, 5.74) is 1.59. The van der Waals surface area contributed by atoms with E-state index in [4.69, 9.17) is 0 Å². The Bertz CT molecular complexity index is 702. The number of benzene rings is 1. The summed E-state index contributed by atoms with van der Waals surface area (Å²) in [5, 5.41) is 0. The third kappa shape index (κ3) is 3.24. The molecule has 5 heteroatoms. The molecule has 0 unspecified atom stereocenters. The highest BCUT2D eigenvalue weighted by Gasteiger charge is 2.26. The standard InChI is InChI=1S/C18H20FN3O/c1-21-11-9-15(12-21)22(2)18(23)14-7-5-13(6-8-14)17-16(19)4-3-10-20-17/h3-8,10,15H,9,11-12H2,1-2H3/t15-/m1/s1. The molecule has 1 atom stereocenters. The van der Waals surface area contributed by atoms with Gasteiger partial charge in [-0.2, -0.15) is 0 Å². The molecule has 4 nitrogen and oxygen atoms in total. The van der Waals surface area contributed by atoms with Crippen molar-refractivity contribution in [2.75, 3.05) is 27.2 Å². The van der Waals surface area contributed by atoms with Gasteiger partial charge >= 0.3 is 0 Å². The van der Waals surface area contributed by atoms with Crippen molar-refractivity contribution in [3.8, 4) is 11.3 Å². The lowest BCUT2D eigenvalue weighted by molar-refractivity contribution is 0.0737. The molecule has 0 aliphatic carbocycles. The molecule has 2 heterocycles. The maximum Gasteiger partial charge on any atom is 0.253 e. The van der Waals surface area contributed by atoms with Crippen LogP contribution in [0.25, 0.3) is 11.3 Å². The van der Waals surface area contributed by atoms with Gasteiger partial charge in [0.2, 0.25) is 0 Å². The Morgan fingerprint density at radius 1 is 1.30 bits per heavy atom. The van der Waals surface area contributed by atoms with Crippen LogP contribution in [0.1, 0.15) is 16.8 Å². The number of likely N-dealkylation sites (N-methyl/N-ethyl adjacent to an activating group) is 2. The highest BCUT2D eigenvalue weighted by Crippen LogP contribution is 2.21. The molecule has 1 saturated heterocycles. The van der Waals surface area contributed by atoms with Crippen LogP contribution in [0.3, 0.4) is 0 Å². The van der Waals surface area contributed by atoms with E-state index in [0.717, 1.165) is 19.5 Å². The normalized spacial score (nSPS) is 18.1. The van der Waals surface area contributed by atoms with E-state index in [-0.39, 0.29) is 17.8 Å². The predicted molar refractivity (Wildman–Crippen MR) is 87.6 cm³/mol. The van der Waals surface area contributed by atoms with Crippen LogP contribution >= 0.6 is 0 Å². The van der Waals surface area contributed by atoms with Gasteiger partial charge in [-0.25, -0.2) is 4.39 Å². The predicted octanol–water partition coefficient (Wildman–Crippen LogP) is 2.66. The quantitative estimate of drug-likeness (QED) is 0.874. The Balaban J connectivity index is 1.77. The van der Waals surface area contributed by atoms with Crippen LogP contribution < -0.4 is 0 Å². The number of pyridine rings is 1. The van der Waals surface area contributed by atoms with Crippen LogP contribution in [0.2, 0.25) is 0 Å². The molecule has 0 saturated carbocycles. The zero-order valence-electron chi connectivity index (χ0n) is 13.4. The Hall–Kier alpha value is -2.27. The van der Waals surface area contributed by atoms with Gasteiger partial charge in [-0.1, -0.05) is 12.1 Å². The smallest absolute Gasteiger partial charge is 0.253 e. The van der Waals surface area contributed by atoms with E-state index >= 15 is 0 Å². The fourth-order valence-corrected chi connectivity index (χ4v) is 2.97. The molecule has 3 rings (SSSR count). The molecule has 1 aromatic carbocycles. The van der Waals surface area contributed by atoms with Crippen molar-refractivity contribution in [3.05, 3.63) is 54.0 Å². The molecule has 1 amide bonds. The first-order valence-electron chi connectivity index (χ1n) is 7.73. The van der Waals surface area contributed by atoms with Crippen molar-refractivity contribution < 1.29 is 9.18 Å². The van der Waals surface area contributed by atoms with Gasteiger partial charge in [-0.05, 0) is 44.3 Å². The lowest BCUT2D eigenvalue weighted by Crippen LogP contribution is -2.38. The number of nitrogens with zero attached hydrogens (tertiary/aromatic N) is 3. The molecule has 2 aromatic rings. The van der Waals surface area contributed by atoms with Gasteiger partial charge in [0.1, 0.15) is 11.5 Å². The molecule has 1 aliphatic heterocycles. The van der Waals surface area contributed by atoms with E-state index in [2.05, 4.69) is 16.9 Å². The first-order valence-corrected chi connectivity index (χ1v) is 7.73. The van der Waals surface area contributed by atoms with E-state index in [9.17, 15) is 9.18 Å². The zero-order valence-corrected chi connectivity index (χ0v) is 13.4. The SMILES string of the molecule is CN1CC[C@@H](N(C)C(=O)c2ccc(-c3ncccc3F)cc2)C1. The molecular weight excluding hydrogens is 293 g/mol. The Morgan fingerprint density at radius 2 is 2.04 bits per heavy atom. The van der Waals surface area contributed by atoms with Crippen molar-refractivity contribution in [3.63, 3.8) is 0 Å². The molecule has 23 heavy (non-hydrogen) atoms. The molecule has 0 N–H and O–H groups in total. The highest BCUT2D eigenvalue weighted by atomic mass is 19.1. The number of carbonyl (C=O) groups excluding carboxylic acids is 1. The van der Waals surface area contributed by atoms with Crippen LogP contribution in [0, 0.1) is 5.82 Å². The number of rotatable bonds is 3. The van der Waals surface area contributed by atoms with E-state index in [1.807, 2.05) is 7.05 Å². The van der Waals surface area contributed by atoms with Crippen molar-refractivity contribution in [1.29, 1.82) is 0 Å². The Kier molecular flexibility index (Phi) is 4.39. The number of hydrogen-bond donors (Lipinski definition) is 0. The average Bonchev–Trinajstić information content (AvgIpc) is 3.01. The van der Waals surface area contributed by atoms with Gasteiger partial charge in [0.25, 0.3) is 5.91 Å². The molecule has 1 fully saturated rings. The van der Waals surface area contributed by atoms with Gasteiger partial charge in [0, 0.05) is 37.0 Å². The van der Waals surface area contributed by atoms with Crippen LogP contribution in [-0.2, 0) is 0 Å². The minimum Gasteiger partial charge on any atom is -0.337 e. The molecule has 120 valence electrons. The van der Waals surface area contributed by atoms with Gasteiger partial charge in [-0.15, -0.1) is 0 Å². The monoisotopic (exact) mass is 313 g/mol. The Labute approximate surface area is 135 Å². The van der Waals surface area contributed by atoms with Crippen LogP contribution in [0.15, 0.2) is 42.6 Å². The van der Waals surface area contributed by atoms with Crippen molar-refractivity contribution >= 4 is 5.91 Å². The van der Waals surface area contributed by atoms with E-state index in [1.54, 1.807) is 41.4 Å². The fraction of sp³-hybridized carbons (Fsp3) is 0.333. The number of halogens is 1. The van der Waals surface area contributed by atoms with E-state index in [0.29, 0.717) is 16.8 Å². The Morgan fingerprint density at radius 3 is 2.65 bits per heavy atom. The van der Waals surface area contributed by atoms with Gasteiger partial charge in [0.05, 0.1) is 0 Å². The lowest BCUT2D eigenvalue weighted by Gasteiger charge is -2.24. The number of amides is 1.